The monoisotopic (exact) mass is 506 g/mol. The van der Waals surface area contributed by atoms with Crippen molar-refractivity contribution in [1.82, 2.24) is 25.3 Å². The molecule has 1 atom stereocenters. The van der Waals surface area contributed by atoms with E-state index in [1.54, 1.807) is 24.3 Å². The number of alkyl halides is 2. The predicted molar refractivity (Wildman–Crippen MR) is 128 cm³/mol. The van der Waals surface area contributed by atoms with E-state index in [0.717, 1.165) is 16.0 Å². The Morgan fingerprint density at radius 1 is 1.03 bits per heavy atom. The summed E-state index contributed by atoms with van der Waals surface area (Å²) in [5.41, 5.74) is 2.43. The molecule has 1 aliphatic heterocycles. The van der Waals surface area contributed by atoms with Crippen molar-refractivity contribution in [1.29, 1.82) is 5.26 Å². The SMILES string of the molecule is N#C[C@@H]1CC(F)(F)CN1C(=O)CNC(=O)c1cnn(Cc2cccc(C(=O)NCc3ccccc3)c2)c1. The van der Waals surface area contributed by atoms with Crippen molar-refractivity contribution >= 4 is 17.7 Å². The number of rotatable bonds is 8. The van der Waals surface area contributed by atoms with Gasteiger partial charge >= 0.3 is 0 Å². The van der Waals surface area contributed by atoms with Crippen molar-refractivity contribution in [2.75, 3.05) is 13.1 Å². The molecular formula is C26H24F2N6O3. The first-order valence-corrected chi connectivity index (χ1v) is 11.5. The average Bonchev–Trinajstić information content (AvgIpc) is 3.49. The molecule has 2 N–H and O–H groups in total. The van der Waals surface area contributed by atoms with Crippen molar-refractivity contribution < 1.29 is 23.2 Å². The van der Waals surface area contributed by atoms with Gasteiger partial charge in [-0.05, 0) is 23.3 Å². The fraction of sp³-hybridized carbons (Fsp3) is 0.269. The van der Waals surface area contributed by atoms with E-state index in [9.17, 15) is 23.2 Å². The van der Waals surface area contributed by atoms with Crippen molar-refractivity contribution in [2.45, 2.75) is 31.5 Å². The minimum Gasteiger partial charge on any atom is -0.348 e. The molecule has 2 heterocycles. The number of aromatic nitrogens is 2. The van der Waals surface area contributed by atoms with E-state index in [0.29, 0.717) is 18.7 Å². The third-order valence-electron chi connectivity index (χ3n) is 5.86. The maximum atomic E-state index is 13.6. The number of nitriles is 1. The minimum atomic E-state index is -3.12. The molecule has 0 radical (unpaired) electrons. The molecule has 1 fully saturated rings. The molecule has 11 heteroatoms. The molecule has 37 heavy (non-hydrogen) atoms. The molecule has 1 aliphatic rings. The fourth-order valence-electron chi connectivity index (χ4n) is 4.00. The third-order valence-corrected chi connectivity index (χ3v) is 5.86. The van der Waals surface area contributed by atoms with Crippen molar-refractivity contribution in [3.63, 3.8) is 0 Å². The van der Waals surface area contributed by atoms with E-state index in [1.165, 1.54) is 17.1 Å². The van der Waals surface area contributed by atoms with Crippen LogP contribution >= 0.6 is 0 Å². The summed E-state index contributed by atoms with van der Waals surface area (Å²) in [6.45, 7) is -0.667. The summed E-state index contributed by atoms with van der Waals surface area (Å²) >= 11 is 0. The standard InChI is InChI=1S/C26H24F2N6O3/c27-26(28)10-22(11-29)34(17-26)23(35)14-31-25(37)21-13-32-33(16-21)15-19-7-4-8-20(9-19)24(36)30-12-18-5-2-1-3-6-18/h1-9,13,16,22H,10,12,14-15,17H2,(H,30,36)(H,31,37)/t22-/m0/s1. The maximum absolute atomic E-state index is 13.6. The topological polar surface area (TPSA) is 120 Å². The smallest absolute Gasteiger partial charge is 0.268 e. The van der Waals surface area contributed by atoms with E-state index in [-0.39, 0.29) is 11.5 Å². The lowest BCUT2D eigenvalue weighted by atomic mass is 10.1. The van der Waals surface area contributed by atoms with Gasteiger partial charge in [-0.1, -0.05) is 42.5 Å². The van der Waals surface area contributed by atoms with Gasteiger partial charge < -0.3 is 15.5 Å². The number of hydrogen-bond acceptors (Lipinski definition) is 5. The largest absolute Gasteiger partial charge is 0.348 e. The summed E-state index contributed by atoms with van der Waals surface area (Å²) in [6, 6.07) is 17.0. The summed E-state index contributed by atoms with van der Waals surface area (Å²) in [7, 11) is 0. The summed E-state index contributed by atoms with van der Waals surface area (Å²) in [4.78, 5) is 38.0. The number of nitrogens with one attached hydrogen (secondary N) is 2. The Morgan fingerprint density at radius 2 is 1.76 bits per heavy atom. The van der Waals surface area contributed by atoms with Gasteiger partial charge in [-0.3, -0.25) is 19.1 Å². The molecule has 3 aromatic rings. The van der Waals surface area contributed by atoms with Crippen LogP contribution < -0.4 is 10.6 Å². The first kappa shape index (κ1) is 25.5. The normalized spacial score (nSPS) is 16.1. The zero-order valence-corrected chi connectivity index (χ0v) is 19.7. The Hall–Kier alpha value is -4.59. The molecule has 1 aromatic heterocycles. The molecule has 0 aliphatic carbocycles. The summed E-state index contributed by atoms with van der Waals surface area (Å²) in [6.07, 6.45) is 2.08. The number of hydrogen-bond donors (Lipinski definition) is 2. The lowest BCUT2D eigenvalue weighted by Crippen LogP contribution is -2.42. The lowest BCUT2D eigenvalue weighted by molar-refractivity contribution is -0.131. The number of carbonyl (C=O) groups is 3. The van der Waals surface area contributed by atoms with Gasteiger partial charge in [0.05, 0.1) is 37.5 Å². The molecule has 190 valence electrons. The Balaban J connectivity index is 1.30. The molecule has 0 spiro atoms. The van der Waals surface area contributed by atoms with Gasteiger partial charge in [-0.25, -0.2) is 8.78 Å². The number of halogens is 2. The fourth-order valence-corrected chi connectivity index (χ4v) is 4.00. The van der Waals surface area contributed by atoms with Gasteiger partial charge in [0, 0.05) is 24.7 Å². The summed E-state index contributed by atoms with van der Waals surface area (Å²) in [5, 5.41) is 18.4. The minimum absolute atomic E-state index is 0.174. The first-order chi connectivity index (χ1) is 17.7. The van der Waals surface area contributed by atoms with Crippen LogP contribution in [0.5, 0.6) is 0 Å². The predicted octanol–water partition coefficient (Wildman–Crippen LogP) is 2.35. The number of carbonyl (C=O) groups excluding carboxylic acids is 3. The van der Waals surface area contributed by atoms with Crippen molar-refractivity contribution in [3.8, 4) is 6.07 Å². The molecular weight excluding hydrogens is 482 g/mol. The highest BCUT2D eigenvalue weighted by atomic mass is 19.3. The van der Waals surface area contributed by atoms with Crippen LogP contribution in [0.15, 0.2) is 67.0 Å². The Labute approximate surface area is 211 Å². The van der Waals surface area contributed by atoms with Gasteiger partial charge in [0.1, 0.15) is 6.04 Å². The Bertz CT molecular complexity index is 1340. The second-order valence-electron chi connectivity index (χ2n) is 8.70. The van der Waals surface area contributed by atoms with Gasteiger partial charge in [0.2, 0.25) is 5.91 Å². The molecule has 1 saturated heterocycles. The van der Waals surface area contributed by atoms with Crippen LogP contribution in [0.25, 0.3) is 0 Å². The van der Waals surface area contributed by atoms with Crippen LogP contribution in [0.4, 0.5) is 8.78 Å². The van der Waals surface area contributed by atoms with Crippen molar-refractivity contribution in [2.24, 2.45) is 0 Å². The Kier molecular flexibility index (Phi) is 7.57. The highest BCUT2D eigenvalue weighted by molar-refractivity contribution is 5.96. The number of benzene rings is 2. The van der Waals surface area contributed by atoms with E-state index in [1.807, 2.05) is 36.4 Å². The van der Waals surface area contributed by atoms with Crippen LogP contribution in [0, 0.1) is 11.3 Å². The second-order valence-corrected chi connectivity index (χ2v) is 8.70. The molecule has 3 amide bonds. The molecule has 0 bridgehead atoms. The highest BCUT2D eigenvalue weighted by Gasteiger charge is 2.47. The van der Waals surface area contributed by atoms with Crippen LogP contribution in [0.2, 0.25) is 0 Å². The first-order valence-electron chi connectivity index (χ1n) is 11.5. The number of nitrogens with zero attached hydrogens (tertiary/aromatic N) is 4. The number of likely N-dealkylation sites (tertiary alicyclic amines) is 1. The van der Waals surface area contributed by atoms with Crippen molar-refractivity contribution in [3.05, 3.63) is 89.2 Å². The van der Waals surface area contributed by atoms with Crippen LogP contribution in [0.1, 0.15) is 38.3 Å². The molecule has 9 nitrogen and oxygen atoms in total. The van der Waals surface area contributed by atoms with Gasteiger partial charge in [0.25, 0.3) is 17.7 Å². The molecule has 2 aromatic carbocycles. The quantitative estimate of drug-likeness (QED) is 0.486. The molecule has 0 saturated carbocycles. The maximum Gasteiger partial charge on any atom is 0.268 e. The Morgan fingerprint density at radius 3 is 2.51 bits per heavy atom. The lowest BCUT2D eigenvalue weighted by Gasteiger charge is -2.19. The van der Waals surface area contributed by atoms with E-state index in [4.69, 9.17) is 5.26 Å². The molecule has 0 unspecified atom stereocenters. The van der Waals surface area contributed by atoms with Crippen LogP contribution in [-0.4, -0.2) is 57.5 Å². The highest BCUT2D eigenvalue weighted by Crippen LogP contribution is 2.31. The average molecular weight is 507 g/mol. The van der Waals surface area contributed by atoms with E-state index >= 15 is 0 Å². The van der Waals surface area contributed by atoms with E-state index < -0.39 is 43.3 Å². The summed E-state index contributed by atoms with van der Waals surface area (Å²) in [5.74, 6) is -4.70. The summed E-state index contributed by atoms with van der Waals surface area (Å²) < 4.78 is 28.6. The number of amides is 3. The second kappa shape index (κ2) is 11.0. The third kappa shape index (κ3) is 6.55. The zero-order valence-electron chi connectivity index (χ0n) is 19.7. The van der Waals surface area contributed by atoms with Crippen LogP contribution in [-0.2, 0) is 17.9 Å². The van der Waals surface area contributed by atoms with Gasteiger partial charge in [0.15, 0.2) is 0 Å². The van der Waals surface area contributed by atoms with Crippen LogP contribution in [0.3, 0.4) is 0 Å². The van der Waals surface area contributed by atoms with Gasteiger partial charge in [-0.2, -0.15) is 10.4 Å². The molecule has 4 rings (SSSR count). The van der Waals surface area contributed by atoms with E-state index in [2.05, 4.69) is 15.7 Å². The van der Waals surface area contributed by atoms with Gasteiger partial charge in [-0.15, -0.1) is 0 Å². The zero-order chi connectivity index (χ0) is 26.4.